The van der Waals surface area contributed by atoms with E-state index in [4.69, 9.17) is 15.2 Å². The van der Waals surface area contributed by atoms with Crippen molar-refractivity contribution in [2.45, 2.75) is 18.6 Å². The number of ether oxygens (including phenoxy) is 2. The summed E-state index contributed by atoms with van der Waals surface area (Å²) in [4.78, 5) is 15.0. The van der Waals surface area contributed by atoms with Gasteiger partial charge in [-0.25, -0.2) is 0 Å². The van der Waals surface area contributed by atoms with Crippen molar-refractivity contribution in [2.24, 2.45) is 5.73 Å². The third-order valence-corrected chi connectivity index (χ3v) is 4.82. The molecule has 6 heteroatoms. The summed E-state index contributed by atoms with van der Waals surface area (Å²) in [6.07, 6.45) is 0. The van der Waals surface area contributed by atoms with E-state index in [2.05, 4.69) is 0 Å². The van der Waals surface area contributed by atoms with E-state index in [1.807, 2.05) is 35.7 Å². The number of hydrogen-bond donors (Lipinski definition) is 1. The van der Waals surface area contributed by atoms with Gasteiger partial charge in [-0.1, -0.05) is 12.1 Å². The van der Waals surface area contributed by atoms with Crippen LogP contribution in [0.4, 0.5) is 0 Å². The van der Waals surface area contributed by atoms with Crippen molar-refractivity contribution in [3.05, 3.63) is 46.2 Å². The molecule has 1 fully saturated rings. The molecule has 2 heterocycles. The smallest absolute Gasteiger partial charge is 0.242 e. The number of nitrogens with two attached hydrogens (primary N) is 1. The molecule has 1 aromatic carbocycles. The molecule has 0 saturated carbocycles. The second-order valence-electron chi connectivity index (χ2n) is 5.14. The van der Waals surface area contributed by atoms with Crippen molar-refractivity contribution in [1.82, 2.24) is 4.90 Å². The highest BCUT2D eigenvalue weighted by Crippen LogP contribution is 2.38. The SMILES string of the molecule is COc1ccc(CN2C(=O)[C@H](N)[C@H]2c2cccs2)cc1OC. The van der Waals surface area contributed by atoms with Crippen molar-refractivity contribution < 1.29 is 14.3 Å². The molecule has 2 aromatic rings. The molecule has 1 aliphatic heterocycles. The molecule has 0 unspecified atom stereocenters. The van der Waals surface area contributed by atoms with Crippen LogP contribution in [0.5, 0.6) is 11.5 Å². The Morgan fingerprint density at radius 3 is 2.64 bits per heavy atom. The Morgan fingerprint density at radius 2 is 2.00 bits per heavy atom. The number of likely N-dealkylation sites (tertiary alicyclic amines) is 1. The molecule has 2 atom stereocenters. The molecule has 0 spiro atoms. The molecule has 1 saturated heterocycles. The Morgan fingerprint density at radius 1 is 1.23 bits per heavy atom. The number of hydrogen-bond acceptors (Lipinski definition) is 5. The molecular weight excluding hydrogens is 300 g/mol. The summed E-state index contributed by atoms with van der Waals surface area (Å²) in [5.74, 6) is 1.31. The van der Waals surface area contributed by atoms with E-state index in [1.165, 1.54) is 0 Å². The lowest BCUT2D eigenvalue weighted by molar-refractivity contribution is -0.150. The van der Waals surface area contributed by atoms with Crippen LogP contribution in [0.15, 0.2) is 35.7 Å². The van der Waals surface area contributed by atoms with Gasteiger partial charge in [0.15, 0.2) is 11.5 Å². The summed E-state index contributed by atoms with van der Waals surface area (Å²) in [6, 6.07) is 9.18. The van der Waals surface area contributed by atoms with Gasteiger partial charge < -0.3 is 20.1 Å². The first-order chi connectivity index (χ1) is 10.7. The number of β-lactam (4-membered cyclic amide) rings is 1. The van der Waals surface area contributed by atoms with E-state index in [0.29, 0.717) is 18.0 Å². The molecule has 0 bridgehead atoms. The van der Waals surface area contributed by atoms with Crippen molar-refractivity contribution >= 4 is 17.2 Å². The van der Waals surface area contributed by atoms with Crippen LogP contribution < -0.4 is 15.2 Å². The summed E-state index contributed by atoms with van der Waals surface area (Å²) >= 11 is 1.62. The Hall–Kier alpha value is -2.05. The average Bonchev–Trinajstić information content (AvgIpc) is 3.07. The lowest BCUT2D eigenvalue weighted by Gasteiger charge is -2.45. The number of methoxy groups -OCH3 is 2. The van der Waals surface area contributed by atoms with E-state index in [1.54, 1.807) is 30.5 Å². The number of thiophene rings is 1. The van der Waals surface area contributed by atoms with Crippen molar-refractivity contribution in [2.75, 3.05) is 14.2 Å². The normalized spacial score (nSPS) is 20.7. The largest absolute Gasteiger partial charge is 0.493 e. The number of carbonyl (C=O) groups excluding carboxylic acids is 1. The molecule has 2 N–H and O–H groups in total. The number of rotatable bonds is 5. The van der Waals surface area contributed by atoms with Gasteiger partial charge in [-0.3, -0.25) is 4.79 Å². The van der Waals surface area contributed by atoms with E-state index >= 15 is 0 Å². The van der Waals surface area contributed by atoms with Crippen LogP contribution in [-0.2, 0) is 11.3 Å². The lowest BCUT2D eigenvalue weighted by atomic mass is 9.93. The van der Waals surface area contributed by atoms with Crippen LogP contribution in [0.1, 0.15) is 16.5 Å². The molecule has 1 amide bonds. The molecule has 22 heavy (non-hydrogen) atoms. The zero-order chi connectivity index (χ0) is 15.7. The predicted molar refractivity (Wildman–Crippen MR) is 85.1 cm³/mol. The number of benzene rings is 1. The van der Waals surface area contributed by atoms with Gasteiger partial charge in [0, 0.05) is 11.4 Å². The van der Waals surface area contributed by atoms with Crippen LogP contribution in [0, 0.1) is 0 Å². The zero-order valence-electron chi connectivity index (χ0n) is 12.5. The highest BCUT2D eigenvalue weighted by Gasteiger charge is 2.46. The summed E-state index contributed by atoms with van der Waals surface area (Å²) in [6.45, 7) is 0.509. The van der Waals surface area contributed by atoms with Gasteiger partial charge >= 0.3 is 0 Å². The zero-order valence-corrected chi connectivity index (χ0v) is 13.3. The summed E-state index contributed by atoms with van der Waals surface area (Å²) in [5, 5.41) is 2.00. The Labute approximate surface area is 133 Å². The van der Waals surface area contributed by atoms with Crippen LogP contribution in [0.3, 0.4) is 0 Å². The second kappa shape index (κ2) is 5.98. The van der Waals surface area contributed by atoms with Crippen molar-refractivity contribution in [3.8, 4) is 11.5 Å². The number of nitrogens with zero attached hydrogens (tertiary/aromatic N) is 1. The first-order valence-corrected chi connectivity index (χ1v) is 7.84. The lowest BCUT2D eigenvalue weighted by Crippen LogP contribution is -2.62. The monoisotopic (exact) mass is 318 g/mol. The number of carbonyl (C=O) groups is 1. The fourth-order valence-electron chi connectivity index (χ4n) is 2.72. The first kappa shape index (κ1) is 14.9. The van der Waals surface area contributed by atoms with Gasteiger partial charge in [0.25, 0.3) is 0 Å². The minimum absolute atomic E-state index is 0.0202. The van der Waals surface area contributed by atoms with Gasteiger partial charge in [-0.15, -0.1) is 11.3 Å². The van der Waals surface area contributed by atoms with Gasteiger partial charge in [-0.05, 0) is 29.1 Å². The Bertz CT molecular complexity index is 672. The Balaban J connectivity index is 1.81. The highest BCUT2D eigenvalue weighted by molar-refractivity contribution is 7.10. The first-order valence-electron chi connectivity index (χ1n) is 6.96. The molecule has 1 aliphatic rings. The van der Waals surface area contributed by atoms with Gasteiger partial charge in [0.1, 0.15) is 6.04 Å². The van der Waals surface area contributed by atoms with E-state index in [9.17, 15) is 4.79 Å². The molecule has 1 aromatic heterocycles. The molecule has 116 valence electrons. The fraction of sp³-hybridized carbons (Fsp3) is 0.312. The minimum atomic E-state index is -0.446. The van der Waals surface area contributed by atoms with Crippen molar-refractivity contribution in [3.63, 3.8) is 0 Å². The highest BCUT2D eigenvalue weighted by atomic mass is 32.1. The third-order valence-electron chi connectivity index (χ3n) is 3.88. The summed E-state index contributed by atoms with van der Waals surface area (Å²) < 4.78 is 10.5. The van der Waals surface area contributed by atoms with Crippen LogP contribution in [-0.4, -0.2) is 31.1 Å². The third kappa shape index (κ3) is 2.44. The van der Waals surface area contributed by atoms with E-state index in [-0.39, 0.29) is 11.9 Å². The van der Waals surface area contributed by atoms with Gasteiger partial charge in [0.2, 0.25) is 5.91 Å². The molecule has 5 nitrogen and oxygen atoms in total. The Kier molecular flexibility index (Phi) is 4.04. The topological polar surface area (TPSA) is 64.8 Å². The van der Waals surface area contributed by atoms with Crippen LogP contribution in [0.2, 0.25) is 0 Å². The summed E-state index contributed by atoms with van der Waals surface area (Å²) in [5.41, 5.74) is 6.96. The quantitative estimate of drug-likeness (QED) is 0.858. The average molecular weight is 318 g/mol. The minimum Gasteiger partial charge on any atom is -0.493 e. The van der Waals surface area contributed by atoms with E-state index < -0.39 is 6.04 Å². The summed E-state index contributed by atoms with van der Waals surface area (Å²) in [7, 11) is 3.20. The maximum Gasteiger partial charge on any atom is 0.242 e. The standard InChI is InChI=1S/C16H18N2O3S/c1-20-11-6-5-10(8-12(11)21-2)9-18-15(14(17)16(18)19)13-4-3-7-22-13/h3-8,14-15H,9,17H2,1-2H3/t14-,15-/m1/s1. The fourth-order valence-corrected chi connectivity index (χ4v) is 3.60. The number of amides is 1. The van der Waals surface area contributed by atoms with E-state index in [0.717, 1.165) is 10.4 Å². The van der Waals surface area contributed by atoms with Gasteiger partial charge in [-0.2, -0.15) is 0 Å². The van der Waals surface area contributed by atoms with Gasteiger partial charge in [0.05, 0.1) is 20.3 Å². The predicted octanol–water partition coefficient (Wildman–Crippen LogP) is 2.18. The molecular formula is C16H18N2O3S. The maximum atomic E-state index is 12.1. The molecule has 0 radical (unpaired) electrons. The van der Waals surface area contributed by atoms with Crippen LogP contribution >= 0.6 is 11.3 Å². The van der Waals surface area contributed by atoms with Crippen LogP contribution in [0.25, 0.3) is 0 Å². The second-order valence-corrected chi connectivity index (χ2v) is 6.12. The molecule has 0 aliphatic carbocycles. The van der Waals surface area contributed by atoms with Crippen molar-refractivity contribution in [1.29, 1.82) is 0 Å². The maximum absolute atomic E-state index is 12.1. The molecule has 3 rings (SSSR count).